The third-order valence-electron chi connectivity index (χ3n) is 4.38. The third kappa shape index (κ3) is 14.7. The van der Waals surface area contributed by atoms with E-state index in [1.165, 1.54) is 19.3 Å². The minimum atomic E-state index is -0.390. The van der Waals surface area contributed by atoms with Crippen molar-refractivity contribution >= 4 is 33.9 Å². The lowest BCUT2D eigenvalue weighted by Crippen LogP contribution is -2.20. The van der Waals surface area contributed by atoms with Crippen LogP contribution in [0.4, 0.5) is 10.1 Å². The maximum absolute atomic E-state index is 13.1. The number of halogens is 2. The van der Waals surface area contributed by atoms with Crippen LogP contribution in [0, 0.1) is 17.8 Å². The van der Waals surface area contributed by atoms with E-state index < -0.39 is 5.97 Å². The van der Waals surface area contributed by atoms with Gasteiger partial charge in [-0.15, -0.1) is 0 Å². The standard InChI is InChI=1S/C11H13BrFNO.C6H12O.C6H12.C2H6/c1-4-10(13)14-11-7(2)5-8(12)6-9(11)15-3;1-6(2,3)4-5-7;1-6(2)4-3-5-6;1-2/h5-6H,4H2,1-3H3;5H,4H2,1-3H3;3-5H2,1-2H3;1-2H3. The van der Waals surface area contributed by atoms with Gasteiger partial charge in [-0.2, -0.15) is 4.39 Å². The summed E-state index contributed by atoms with van der Waals surface area (Å²) in [6, 6.07) is 3.65. The number of hydrogen-bond acceptors (Lipinski definition) is 3. The van der Waals surface area contributed by atoms with Gasteiger partial charge in [0.05, 0.1) is 7.11 Å². The zero-order valence-electron chi connectivity index (χ0n) is 20.8. The Labute approximate surface area is 193 Å². The molecule has 0 N–H and O–H groups in total. The second kappa shape index (κ2) is 15.6. The molecule has 174 valence electrons. The monoisotopic (exact) mass is 487 g/mol. The van der Waals surface area contributed by atoms with Crippen LogP contribution in [0.1, 0.15) is 93.1 Å². The number of methoxy groups -OCH3 is 1. The van der Waals surface area contributed by atoms with Crippen LogP contribution in [0.25, 0.3) is 0 Å². The van der Waals surface area contributed by atoms with Crippen LogP contribution < -0.4 is 4.74 Å². The van der Waals surface area contributed by atoms with Gasteiger partial charge in [0.25, 0.3) is 0 Å². The van der Waals surface area contributed by atoms with Gasteiger partial charge < -0.3 is 9.53 Å². The highest BCUT2D eigenvalue weighted by molar-refractivity contribution is 9.10. The van der Waals surface area contributed by atoms with E-state index in [2.05, 4.69) is 34.8 Å². The van der Waals surface area contributed by atoms with Crippen molar-refractivity contribution in [1.82, 2.24) is 0 Å². The van der Waals surface area contributed by atoms with E-state index in [0.717, 1.165) is 21.7 Å². The highest BCUT2D eigenvalue weighted by atomic mass is 79.9. The molecular formula is C25H43BrFNO2. The zero-order chi connectivity index (χ0) is 24.0. The van der Waals surface area contributed by atoms with Crippen molar-refractivity contribution in [2.45, 2.75) is 94.4 Å². The summed E-state index contributed by atoms with van der Waals surface area (Å²) >= 11 is 3.35. The first-order chi connectivity index (χ1) is 13.8. The molecule has 3 nitrogen and oxygen atoms in total. The van der Waals surface area contributed by atoms with Gasteiger partial charge in [-0.05, 0) is 48.3 Å². The summed E-state index contributed by atoms with van der Waals surface area (Å²) in [7, 11) is 1.55. The van der Waals surface area contributed by atoms with Crippen molar-refractivity contribution in [3.05, 3.63) is 22.2 Å². The van der Waals surface area contributed by atoms with Crippen LogP contribution in [0.15, 0.2) is 21.6 Å². The number of hydrogen-bond donors (Lipinski definition) is 0. The van der Waals surface area contributed by atoms with E-state index in [1.807, 2.05) is 47.6 Å². The fourth-order valence-electron chi connectivity index (χ4n) is 2.34. The van der Waals surface area contributed by atoms with Gasteiger partial charge in [0.2, 0.25) is 0 Å². The third-order valence-corrected chi connectivity index (χ3v) is 4.84. The molecule has 0 unspecified atom stereocenters. The van der Waals surface area contributed by atoms with Crippen LogP contribution in [0.3, 0.4) is 0 Å². The van der Waals surface area contributed by atoms with Gasteiger partial charge in [0, 0.05) is 17.3 Å². The van der Waals surface area contributed by atoms with Crippen molar-refractivity contribution < 1.29 is 13.9 Å². The first-order valence-corrected chi connectivity index (χ1v) is 11.7. The topological polar surface area (TPSA) is 38.7 Å². The largest absolute Gasteiger partial charge is 0.494 e. The fraction of sp³-hybridized carbons (Fsp3) is 0.680. The quantitative estimate of drug-likeness (QED) is 0.313. The first kappa shape index (κ1) is 31.0. The van der Waals surface area contributed by atoms with Gasteiger partial charge in [-0.25, -0.2) is 4.99 Å². The van der Waals surface area contributed by atoms with Gasteiger partial charge in [-0.1, -0.05) is 77.7 Å². The molecule has 0 amide bonds. The Morgan fingerprint density at radius 1 is 1.27 bits per heavy atom. The highest BCUT2D eigenvalue weighted by Crippen LogP contribution is 2.39. The highest BCUT2D eigenvalue weighted by Gasteiger charge is 2.25. The molecule has 0 aromatic heterocycles. The van der Waals surface area contributed by atoms with Gasteiger partial charge >= 0.3 is 0 Å². The van der Waals surface area contributed by atoms with E-state index in [0.29, 0.717) is 24.3 Å². The predicted molar refractivity (Wildman–Crippen MR) is 133 cm³/mol. The van der Waals surface area contributed by atoms with Crippen LogP contribution in [-0.4, -0.2) is 19.4 Å². The summed E-state index contributed by atoms with van der Waals surface area (Å²) in [6.45, 7) is 18.4. The maximum atomic E-state index is 13.1. The molecule has 0 radical (unpaired) electrons. The summed E-state index contributed by atoms with van der Waals surface area (Å²) in [5.41, 5.74) is 2.34. The van der Waals surface area contributed by atoms with Crippen molar-refractivity contribution in [1.29, 1.82) is 0 Å². The summed E-state index contributed by atoms with van der Waals surface area (Å²) < 4.78 is 19.1. The predicted octanol–water partition coefficient (Wildman–Crippen LogP) is 9.02. The molecule has 0 bridgehead atoms. The first-order valence-electron chi connectivity index (χ1n) is 10.9. The van der Waals surface area contributed by atoms with Crippen molar-refractivity contribution in [3.63, 3.8) is 0 Å². The van der Waals surface area contributed by atoms with Crippen molar-refractivity contribution in [2.24, 2.45) is 15.8 Å². The Bertz CT molecular complexity index is 643. The molecule has 2 rings (SSSR count). The summed E-state index contributed by atoms with van der Waals surface area (Å²) in [6.07, 6.45) is 6.28. The molecule has 30 heavy (non-hydrogen) atoms. The molecule has 0 spiro atoms. The molecular weight excluding hydrogens is 445 g/mol. The fourth-order valence-corrected chi connectivity index (χ4v) is 2.89. The van der Waals surface area contributed by atoms with Crippen molar-refractivity contribution in [2.75, 3.05) is 7.11 Å². The molecule has 0 aliphatic heterocycles. The van der Waals surface area contributed by atoms with Crippen LogP contribution in [0.2, 0.25) is 0 Å². The average Bonchev–Trinajstić information content (AvgIpc) is 2.64. The summed E-state index contributed by atoms with van der Waals surface area (Å²) in [4.78, 5) is 13.7. The Morgan fingerprint density at radius 2 is 1.77 bits per heavy atom. The lowest BCUT2D eigenvalue weighted by atomic mass is 9.72. The van der Waals surface area contributed by atoms with E-state index in [1.54, 1.807) is 20.1 Å². The van der Waals surface area contributed by atoms with Crippen LogP contribution in [-0.2, 0) is 4.79 Å². The maximum Gasteiger partial charge on any atom is 0.189 e. The molecule has 1 saturated carbocycles. The number of carbonyl (C=O) groups is 1. The van der Waals surface area contributed by atoms with Crippen LogP contribution in [0.5, 0.6) is 5.75 Å². The SMILES string of the molecule is CC.CC(C)(C)CC=O.CC1(C)CCC1.CCC(F)=Nc1c(C)cc(Br)cc1OC. The second-order valence-corrected chi connectivity index (χ2v) is 9.98. The number of aldehydes is 1. The lowest BCUT2D eigenvalue weighted by Gasteiger charge is -2.33. The summed E-state index contributed by atoms with van der Waals surface area (Å²) in [5, 5.41) is 0. The Kier molecular flexibility index (Phi) is 16.1. The molecule has 0 atom stereocenters. The number of carbonyl (C=O) groups excluding carboxylic acids is 1. The minimum absolute atomic E-state index is 0.182. The molecule has 1 aromatic rings. The Hall–Kier alpha value is -1.23. The number of ether oxygens (including phenoxy) is 1. The molecule has 0 saturated heterocycles. The zero-order valence-corrected chi connectivity index (χ0v) is 22.4. The number of nitrogens with zero attached hydrogens (tertiary/aromatic N) is 1. The molecule has 1 aliphatic carbocycles. The van der Waals surface area contributed by atoms with Crippen molar-refractivity contribution in [3.8, 4) is 5.75 Å². The molecule has 1 fully saturated rings. The Morgan fingerprint density at radius 3 is 2.03 bits per heavy atom. The molecule has 1 aliphatic rings. The molecule has 0 heterocycles. The normalized spacial score (nSPS) is 14.5. The number of rotatable bonds is 4. The van der Waals surface area contributed by atoms with Gasteiger partial charge in [-0.3, -0.25) is 0 Å². The summed E-state index contributed by atoms with van der Waals surface area (Å²) in [5.74, 6) is 0.184. The van der Waals surface area contributed by atoms with Gasteiger partial charge in [0.1, 0.15) is 17.7 Å². The van der Waals surface area contributed by atoms with E-state index >= 15 is 0 Å². The minimum Gasteiger partial charge on any atom is -0.494 e. The van der Waals surface area contributed by atoms with E-state index in [-0.39, 0.29) is 5.41 Å². The van der Waals surface area contributed by atoms with Crippen LogP contribution >= 0.6 is 15.9 Å². The lowest BCUT2D eigenvalue weighted by molar-refractivity contribution is -0.109. The van der Waals surface area contributed by atoms with E-state index in [9.17, 15) is 9.18 Å². The molecule has 1 aromatic carbocycles. The average molecular weight is 489 g/mol. The number of aryl methyl sites for hydroxylation is 1. The number of aliphatic imine (C=N–C) groups is 1. The Balaban J connectivity index is 0. The van der Waals surface area contributed by atoms with E-state index in [4.69, 9.17) is 4.74 Å². The number of benzene rings is 1. The second-order valence-electron chi connectivity index (χ2n) is 9.06. The molecule has 5 heteroatoms. The van der Waals surface area contributed by atoms with Gasteiger partial charge in [0.15, 0.2) is 5.97 Å². The smallest absolute Gasteiger partial charge is 0.189 e.